The number of anilines is 2. The summed E-state index contributed by atoms with van der Waals surface area (Å²) in [5.74, 6) is 1.56. The van der Waals surface area contributed by atoms with Crippen molar-refractivity contribution in [2.45, 2.75) is 38.3 Å². The highest BCUT2D eigenvalue weighted by atomic mass is 16.5. The fourth-order valence-corrected chi connectivity index (χ4v) is 4.07. The summed E-state index contributed by atoms with van der Waals surface area (Å²) >= 11 is 0. The Bertz CT molecular complexity index is 958. The summed E-state index contributed by atoms with van der Waals surface area (Å²) < 4.78 is 10.9. The maximum Gasteiger partial charge on any atom is 0.238 e. The third-order valence-electron chi connectivity index (χ3n) is 5.81. The van der Waals surface area contributed by atoms with Gasteiger partial charge in [-0.3, -0.25) is 14.5 Å². The van der Waals surface area contributed by atoms with Crippen LogP contribution >= 0.6 is 0 Å². The molecule has 2 aromatic carbocycles. The zero-order valence-corrected chi connectivity index (χ0v) is 18.1. The van der Waals surface area contributed by atoms with Crippen LogP contribution in [0.25, 0.3) is 0 Å². The lowest BCUT2D eigenvalue weighted by Crippen LogP contribution is -2.35. The second-order valence-corrected chi connectivity index (χ2v) is 8.03. The maximum atomic E-state index is 13.0. The molecule has 1 heterocycles. The van der Waals surface area contributed by atoms with Gasteiger partial charge in [-0.2, -0.15) is 0 Å². The summed E-state index contributed by atoms with van der Waals surface area (Å²) in [4.78, 5) is 29.1. The van der Waals surface area contributed by atoms with E-state index in [-0.39, 0.29) is 18.4 Å². The van der Waals surface area contributed by atoms with Crippen molar-refractivity contribution in [1.29, 1.82) is 0 Å². The van der Waals surface area contributed by atoms with Crippen LogP contribution in [-0.2, 0) is 16.1 Å². The van der Waals surface area contributed by atoms with Crippen LogP contribution in [0.1, 0.15) is 31.2 Å². The lowest BCUT2D eigenvalue weighted by molar-refractivity contribution is -0.118. The summed E-state index contributed by atoms with van der Waals surface area (Å²) in [5, 5.41) is 3.03. The predicted molar refractivity (Wildman–Crippen MR) is 120 cm³/mol. The van der Waals surface area contributed by atoms with Crippen LogP contribution in [0.5, 0.6) is 11.5 Å². The summed E-state index contributed by atoms with van der Waals surface area (Å²) in [5.41, 5.74) is 2.44. The number of benzene rings is 2. The molecule has 2 aliphatic rings. The summed E-state index contributed by atoms with van der Waals surface area (Å²) in [7, 11) is 3.29. The van der Waals surface area contributed by atoms with Crippen LogP contribution < -0.4 is 19.7 Å². The first kappa shape index (κ1) is 21.2. The number of hydrogen-bond donors (Lipinski definition) is 1. The molecule has 0 radical (unpaired) electrons. The Kier molecular flexibility index (Phi) is 6.42. The third-order valence-corrected chi connectivity index (χ3v) is 5.81. The molecule has 0 atom stereocenters. The van der Waals surface area contributed by atoms with Crippen molar-refractivity contribution in [3.63, 3.8) is 0 Å². The van der Waals surface area contributed by atoms with E-state index in [4.69, 9.17) is 9.47 Å². The van der Waals surface area contributed by atoms with E-state index in [1.165, 1.54) is 0 Å². The molecule has 0 bridgehead atoms. The number of nitrogens with zero attached hydrogens (tertiary/aromatic N) is 2. The maximum absolute atomic E-state index is 13.0. The van der Waals surface area contributed by atoms with Gasteiger partial charge < -0.3 is 19.7 Å². The number of amides is 2. The van der Waals surface area contributed by atoms with Gasteiger partial charge in [0.05, 0.1) is 32.1 Å². The number of nitrogens with one attached hydrogen (secondary N) is 1. The molecule has 1 aliphatic heterocycles. The van der Waals surface area contributed by atoms with Crippen molar-refractivity contribution in [3.05, 3.63) is 48.0 Å². The average Bonchev–Trinajstić information content (AvgIpc) is 3.54. The lowest BCUT2D eigenvalue weighted by atomic mass is 10.1. The molecule has 4 rings (SSSR count). The van der Waals surface area contributed by atoms with Crippen LogP contribution in [0.3, 0.4) is 0 Å². The van der Waals surface area contributed by atoms with Crippen molar-refractivity contribution in [2.75, 3.05) is 37.5 Å². The smallest absolute Gasteiger partial charge is 0.238 e. The molecule has 2 fully saturated rings. The second-order valence-electron chi connectivity index (χ2n) is 8.03. The Morgan fingerprint density at radius 1 is 1.16 bits per heavy atom. The van der Waals surface area contributed by atoms with E-state index in [0.29, 0.717) is 31.2 Å². The first-order valence-electron chi connectivity index (χ1n) is 10.7. The molecule has 31 heavy (non-hydrogen) atoms. The molecule has 0 spiro atoms. The zero-order chi connectivity index (χ0) is 21.8. The molecule has 7 heteroatoms. The molecule has 1 aliphatic carbocycles. The lowest BCUT2D eigenvalue weighted by Gasteiger charge is -2.24. The molecule has 1 saturated carbocycles. The van der Waals surface area contributed by atoms with Crippen LogP contribution in [0.4, 0.5) is 11.4 Å². The molecular weight excluding hydrogens is 394 g/mol. The van der Waals surface area contributed by atoms with Gasteiger partial charge in [-0.05, 0) is 49.6 Å². The van der Waals surface area contributed by atoms with Crippen LogP contribution in [0.2, 0.25) is 0 Å². The van der Waals surface area contributed by atoms with E-state index >= 15 is 0 Å². The Labute approximate surface area is 182 Å². The molecule has 7 nitrogen and oxygen atoms in total. The highest BCUT2D eigenvalue weighted by molar-refractivity contribution is 6.02. The SMILES string of the molecule is COc1ccc(OC)c(CN(CC(=O)Nc2ccccc2N2CCCC2=O)C2CC2)c1. The zero-order valence-electron chi connectivity index (χ0n) is 18.1. The highest BCUT2D eigenvalue weighted by Gasteiger charge is 2.31. The van der Waals surface area contributed by atoms with E-state index < -0.39 is 0 Å². The molecule has 0 unspecified atom stereocenters. The minimum Gasteiger partial charge on any atom is -0.497 e. The minimum atomic E-state index is -0.0899. The fraction of sp³-hybridized carbons (Fsp3) is 0.417. The van der Waals surface area contributed by atoms with Gasteiger partial charge in [0.25, 0.3) is 0 Å². The summed E-state index contributed by atoms with van der Waals surface area (Å²) in [6.45, 7) is 1.56. The fourth-order valence-electron chi connectivity index (χ4n) is 4.07. The van der Waals surface area contributed by atoms with E-state index in [1.54, 1.807) is 19.1 Å². The normalized spacial score (nSPS) is 16.0. The van der Waals surface area contributed by atoms with Crippen molar-refractivity contribution in [3.8, 4) is 11.5 Å². The van der Waals surface area contributed by atoms with E-state index in [2.05, 4.69) is 10.2 Å². The summed E-state index contributed by atoms with van der Waals surface area (Å²) in [6.07, 6.45) is 3.57. The Balaban J connectivity index is 1.47. The van der Waals surface area contributed by atoms with E-state index in [0.717, 1.165) is 42.0 Å². The monoisotopic (exact) mass is 423 g/mol. The predicted octanol–water partition coefficient (Wildman–Crippen LogP) is 3.43. The van der Waals surface area contributed by atoms with Gasteiger partial charge in [0, 0.05) is 31.1 Å². The van der Waals surface area contributed by atoms with E-state index in [9.17, 15) is 9.59 Å². The van der Waals surface area contributed by atoms with Crippen LogP contribution in [0.15, 0.2) is 42.5 Å². The topological polar surface area (TPSA) is 71.1 Å². The molecule has 164 valence electrons. The molecule has 0 aromatic heterocycles. The number of rotatable bonds is 9. The van der Waals surface area contributed by atoms with Crippen molar-refractivity contribution < 1.29 is 19.1 Å². The van der Waals surface area contributed by atoms with Gasteiger partial charge in [0.2, 0.25) is 11.8 Å². The number of ether oxygens (including phenoxy) is 2. The van der Waals surface area contributed by atoms with Crippen molar-refractivity contribution in [1.82, 2.24) is 4.90 Å². The quantitative estimate of drug-likeness (QED) is 0.669. The number of methoxy groups -OCH3 is 2. The van der Waals surface area contributed by atoms with Crippen LogP contribution in [0, 0.1) is 0 Å². The van der Waals surface area contributed by atoms with Gasteiger partial charge >= 0.3 is 0 Å². The molecule has 1 N–H and O–H groups in total. The standard InChI is InChI=1S/C24H29N3O4/c1-30-19-11-12-22(31-2)17(14-19)15-26(18-9-10-18)16-23(28)25-20-6-3-4-7-21(20)27-13-5-8-24(27)29/h3-4,6-7,11-12,14,18H,5,8-10,13,15-16H2,1-2H3,(H,25,28). The van der Waals surface area contributed by atoms with Gasteiger partial charge in [0.15, 0.2) is 0 Å². The van der Waals surface area contributed by atoms with Crippen molar-refractivity contribution >= 4 is 23.2 Å². The number of hydrogen-bond acceptors (Lipinski definition) is 5. The number of para-hydroxylation sites is 2. The van der Waals surface area contributed by atoms with Gasteiger partial charge in [-0.1, -0.05) is 12.1 Å². The van der Waals surface area contributed by atoms with Gasteiger partial charge in [0.1, 0.15) is 11.5 Å². The first-order valence-corrected chi connectivity index (χ1v) is 10.7. The van der Waals surface area contributed by atoms with Gasteiger partial charge in [-0.25, -0.2) is 0 Å². The summed E-state index contributed by atoms with van der Waals surface area (Å²) in [6, 6.07) is 13.6. The Morgan fingerprint density at radius 2 is 1.97 bits per heavy atom. The number of carbonyl (C=O) groups is 2. The average molecular weight is 424 g/mol. The first-order chi connectivity index (χ1) is 15.1. The van der Waals surface area contributed by atoms with Crippen molar-refractivity contribution in [2.24, 2.45) is 0 Å². The third kappa shape index (κ3) is 4.99. The Hall–Kier alpha value is -3.06. The number of carbonyl (C=O) groups excluding carboxylic acids is 2. The van der Waals surface area contributed by atoms with E-state index in [1.807, 2.05) is 42.5 Å². The molecule has 2 amide bonds. The Morgan fingerprint density at radius 3 is 2.65 bits per heavy atom. The molecule has 2 aromatic rings. The minimum absolute atomic E-state index is 0.0899. The highest BCUT2D eigenvalue weighted by Crippen LogP contribution is 2.33. The molecular formula is C24H29N3O4. The largest absolute Gasteiger partial charge is 0.497 e. The second kappa shape index (κ2) is 9.39. The van der Waals surface area contributed by atoms with Gasteiger partial charge in [-0.15, -0.1) is 0 Å². The molecule has 1 saturated heterocycles. The van der Waals surface area contributed by atoms with Crippen LogP contribution in [-0.4, -0.2) is 50.1 Å².